The smallest absolute Gasteiger partial charge is 0.244 e. The van der Waals surface area contributed by atoms with Crippen molar-refractivity contribution in [1.82, 2.24) is 9.62 Å². The van der Waals surface area contributed by atoms with Gasteiger partial charge in [0, 0.05) is 18.1 Å². The molecule has 0 saturated carbocycles. The van der Waals surface area contributed by atoms with Gasteiger partial charge >= 0.3 is 0 Å². The Labute approximate surface area is 200 Å². The zero-order chi connectivity index (χ0) is 23.4. The predicted octanol–water partition coefficient (Wildman–Crippen LogP) is 5.18. The summed E-state index contributed by atoms with van der Waals surface area (Å²) in [6.07, 6.45) is 2.10. The maximum Gasteiger partial charge on any atom is 0.244 e. The molecule has 3 aromatic rings. The minimum Gasteiger partial charge on any atom is -0.355 e. The first-order chi connectivity index (χ1) is 15.9. The second-order valence-corrected chi connectivity index (χ2v) is 10.6. The van der Waals surface area contributed by atoms with E-state index in [1.807, 2.05) is 43.3 Å². The Morgan fingerprint density at radius 3 is 2.42 bits per heavy atom. The van der Waals surface area contributed by atoms with Gasteiger partial charge in [-0.15, -0.1) is 0 Å². The highest BCUT2D eigenvalue weighted by Gasteiger charge is 2.36. The fourth-order valence-corrected chi connectivity index (χ4v) is 5.98. The van der Waals surface area contributed by atoms with Gasteiger partial charge in [0.2, 0.25) is 15.9 Å². The molecule has 1 aliphatic heterocycles. The molecule has 0 spiro atoms. The van der Waals surface area contributed by atoms with Crippen LogP contribution in [-0.4, -0.2) is 31.2 Å². The van der Waals surface area contributed by atoms with Crippen molar-refractivity contribution in [2.75, 3.05) is 6.54 Å². The highest BCUT2D eigenvalue weighted by atomic mass is 35.5. The lowest BCUT2D eigenvalue weighted by Crippen LogP contribution is -2.48. The van der Waals surface area contributed by atoms with Crippen molar-refractivity contribution in [2.45, 2.75) is 43.7 Å². The number of benzene rings is 3. The molecule has 1 atom stereocenters. The van der Waals surface area contributed by atoms with Crippen molar-refractivity contribution in [3.8, 4) is 11.1 Å². The van der Waals surface area contributed by atoms with Crippen LogP contribution in [0.2, 0.25) is 5.02 Å². The number of nitrogens with one attached hydrogen (secondary N) is 1. The van der Waals surface area contributed by atoms with Gasteiger partial charge in [-0.1, -0.05) is 60.1 Å². The predicted molar refractivity (Wildman–Crippen MR) is 131 cm³/mol. The maximum atomic E-state index is 13.7. The molecule has 0 aromatic heterocycles. The van der Waals surface area contributed by atoms with Crippen LogP contribution in [-0.2, 0) is 21.4 Å². The van der Waals surface area contributed by atoms with E-state index in [2.05, 4.69) is 17.4 Å². The summed E-state index contributed by atoms with van der Waals surface area (Å²) in [4.78, 5) is 13.0. The van der Waals surface area contributed by atoms with Crippen molar-refractivity contribution in [1.29, 1.82) is 0 Å². The minimum absolute atomic E-state index is 0.110. The topological polar surface area (TPSA) is 66.5 Å². The van der Waals surface area contributed by atoms with E-state index >= 15 is 0 Å². The Morgan fingerprint density at radius 2 is 1.73 bits per heavy atom. The van der Waals surface area contributed by atoms with Gasteiger partial charge in [-0.3, -0.25) is 4.79 Å². The van der Waals surface area contributed by atoms with E-state index in [1.165, 1.54) is 16.4 Å². The van der Waals surface area contributed by atoms with Crippen molar-refractivity contribution in [3.63, 3.8) is 0 Å². The van der Waals surface area contributed by atoms with E-state index in [4.69, 9.17) is 11.6 Å². The summed E-state index contributed by atoms with van der Waals surface area (Å²) in [6, 6.07) is 21.3. The van der Waals surface area contributed by atoms with Crippen molar-refractivity contribution >= 4 is 27.5 Å². The minimum atomic E-state index is -3.93. The molecule has 5 nitrogen and oxygen atoms in total. The molecule has 1 N–H and O–H groups in total. The first-order valence-corrected chi connectivity index (χ1v) is 12.9. The van der Waals surface area contributed by atoms with Crippen LogP contribution in [0.1, 0.15) is 30.4 Å². The van der Waals surface area contributed by atoms with Crippen LogP contribution in [0, 0.1) is 6.92 Å². The molecule has 0 bridgehead atoms. The number of carbonyl (C=O) groups is 1. The zero-order valence-electron chi connectivity index (χ0n) is 18.5. The molecular weight excluding hydrogens is 456 g/mol. The average Bonchev–Trinajstić information content (AvgIpc) is 3.02. The van der Waals surface area contributed by atoms with Gasteiger partial charge < -0.3 is 5.32 Å². The first-order valence-electron chi connectivity index (χ1n) is 11.1. The van der Waals surface area contributed by atoms with Gasteiger partial charge in [0.1, 0.15) is 6.04 Å². The second kappa shape index (κ2) is 10.1. The molecule has 0 aliphatic carbocycles. The van der Waals surface area contributed by atoms with Crippen LogP contribution in [0.4, 0.5) is 0 Å². The average molecular weight is 483 g/mol. The lowest BCUT2D eigenvalue weighted by Gasteiger charge is -2.29. The van der Waals surface area contributed by atoms with Crippen molar-refractivity contribution in [3.05, 3.63) is 88.9 Å². The van der Waals surface area contributed by atoms with Crippen molar-refractivity contribution < 1.29 is 13.2 Å². The van der Waals surface area contributed by atoms with Gasteiger partial charge in [0.15, 0.2) is 0 Å². The molecule has 0 radical (unpaired) electrons. The Kier molecular flexibility index (Phi) is 7.17. The van der Waals surface area contributed by atoms with E-state index in [0.717, 1.165) is 35.1 Å². The monoisotopic (exact) mass is 482 g/mol. The number of hydrogen-bond donors (Lipinski definition) is 1. The van der Waals surface area contributed by atoms with E-state index in [9.17, 15) is 13.2 Å². The van der Waals surface area contributed by atoms with E-state index in [0.29, 0.717) is 18.0 Å². The van der Waals surface area contributed by atoms with Crippen molar-refractivity contribution in [2.24, 2.45) is 0 Å². The lowest BCUT2D eigenvalue weighted by atomic mass is 9.98. The number of amides is 1. The Hall–Kier alpha value is -2.67. The first kappa shape index (κ1) is 23.5. The number of nitrogens with zero attached hydrogens (tertiary/aromatic N) is 1. The number of rotatable bonds is 6. The third kappa shape index (κ3) is 5.29. The fourth-order valence-electron chi connectivity index (χ4n) is 4.25. The summed E-state index contributed by atoms with van der Waals surface area (Å²) in [7, 11) is -3.93. The second-order valence-electron chi connectivity index (χ2n) is 8.32. The molecule has 33 heavy (non-hydrogen) atoms. The molecule has 7 heteroatoms. The van der Waals surface area contributed by atoms with Gasteiger partial charge in [-0.25, -0.2) is 8.42 Å². The summed E-state index contributed by atoms with van der Waals surface area (Å²) in [6.45, 7) is 2.69. The molecule has 1 heterocycles. The molecule has 1 amide bonds. The van der Waals surface area contributed by atoms with E-state index in [-0.39, 0.29) is 17.3 Å². The maximum absolute atomic E-state index is 13.7. The Bertz CT molecular complexity index is 1230. The Balaban J connectivity index is 1.71. The third-order valence-corrected chi connectivity index (χ3v) is 8.11. The SMILES string of the molecule is Cc1cc(CN(C2CCCCNC2=O)S(=O)(=O)c2ccc(Cl)cc2)ccc1-c1ccccc1. The van der Waals surface area contributed by atoms with Crippen LogP contribution < -0.4 is 5.32 Å². The summed E-state index contributed by atoms with van der Waals surface area (Å²) in [5.41, 5.74) is 4.09. The fraction of sp³-hybridized carbons (Fsp3) is 0.269. The van der Waals surface area contributed by atoms with Crippen LogP contribution in [0.3, 0.4) is 0 Å². The largest absolute Gasteiger partial charge is 0.355 e. The highest BCUT2D eigenvalue weighted by molar-refractivity contribution is 7.89. The van der Waals surface area contributed by atoms with Gasteiger partial charge in [0.05, 0.1) is 4.90 Å². The summed E-state index contributed by atoms with van der Waals surface area (Å²) < 4.78 is 28.7. The van der Waals surface area contributed by atoms with Crippen LogP contribution in [0.5, 0.6) is 0 Å². The normalized spacial score (nSPS) is 16.9. The number of carbonyl (C=O) groups excluding carboxylic acids is 1. The summed E-state index contributed by atoms with van der Waals surface area (Å²) in [5, 5.41) is 3.33. The molecule has 1 unspecified atom stereocenters. The molecule has 1 aliphatic rings. The number of sulfonamides is 1. The molecule has 4 rings (SSSR count). The number of aryl methyl sites for hydroxylation is 1. The molecule has 1 saturated heterocycles. The van der Waals surface area contributed by atoms with Gasteiger partial charge in [0.25, 0.3) is 0 Å². The van der Waals surface area contributed by atoms with Crippen LogP contribution in [0.25, 0.3) is 11.1 Å². The molecule has 172 valence electrons. The third-order valence-electron chi connectivity index (χ3n) is 5.99. The molecule has 1 fully saturated rings. The molecule has 3 aromatic carbocycles. The van der Waals surface area contributed by atoms with E-state index < -0.39 is 16.1 Å². The molecular formula is C26H27ClN2O3S. The summed E-state index contributed by atoms with van der Waals surface area (Å²) >= 11 is 5.97. The van der Waals surface area contributed by atoms with E-state index in [1.54, 1.807) is 12.1 Å². The number of hydrogen-bond acceptors (Lipinski definition) is 3. The van der Waals surface area contributed by atoms with Crippen LogP contribution >= 0.6 is 11.6 Å². The van der Waals surface area contributed by atoms with Gasteiger partial charge in [-0.05, 0) is 72.7 Å². The van der Waals surface area contributed by atoms with Crippen LogP contribution in [0.15, 0.2) is 77.7 Å². The Morgan fingerprint density at radius 1 is 1.00 bits per heavy atom. The zero-order valence-corrected chi connectivity index (χ0v) is 20.1. The lowest BCUT2D eigenvalue weighted by molar-refractivity contribution is -0.124. The highest BCUT2D eigenvalue weighted by Crippen LogP contribution is 2.28. The summed E-state index contributed by atoms with van der Waals surface area (Å²) in [5.74, 6) is -0.248. The quantitative estimate of drug-likeness (QED) is 0.526. The standard InChI is InChI=1S/C26H27ClN2O3S/c1-19-17-20(10-15-24(19)21-7-3-2-4-8-21)18-29(25-9-5-6-16-28-26(25)30)33(31,32)23-13-11-22(27)12-14-23/h2-4,7-8,10-15,17,25H,5-6,9,16,18H2,1H3,(H,28,30). The number of halogens is 1. The van der Waals surface area contributed by atoms with Gasteiger partial charge in [-0.2, -0.15) is 4.31 Å².